The molecule has 1 amide bonds. The maximum absolute atomic E-state index is 12.6. The second-order valence-corrected chi connectivity index (χ2v) is 9.98. The number of thiazole rings is 1. The molecular weight excluding hydrogens is 468 g/mol. The van der Waals surface area contributed by atoms with Crippen LogP contribution < -0.4 is 14.3 Å². The number of rotatable bonds is 9. The minimum absolute atomic E-state index is 0.0995. The monoisotopic (exact) mass is 492 g/mol. The van der Waals surface area contributed by atoms with Crippen molar-refractivity contribution in [3.8, 4) is 11.5 Å². The molecule has 0 radical (unpaired) electrons. The fourth-order valence-corrected chi connectivity index (χ4v) is 5.34. The Labute approximate surface area is 195 Å². The highest BCUT2D eigenvalue weighted by Gasteiger charge is 2.18. The van der Waals surface area contributed by atoms with E-state index < -0.39 is 27.5 Å². The van der Waals surface area contributed by atoms with E-state index in [9.17, 15) is 18.0 Å². The lowest BCUT2D eigenvalue weighted by Gasteiger charge is -2.06. The van der Waals surface area contributed by atoms with Crippen LogP contribution >= 0.6 is 11.3 Å². The number of sulfone groups is 1. The van der Waals surface area contributed by atoms with E-state index in [0.717, 1.165) is 4.70 Å². The third-order valence-electron chi connectivity index (χ3n) is 4.71. The Morgan fingerprint density at radius 2 is 1.70 bits per heavy atom. The zero-order valence-corrected chi connectivity index (χ0v) is 20.1. The molecular formula is C22H24N2O7S2. The molecule has 33 heavy (non-hydrogen) atoms. The molecule has 0 N–H and O–H groups in total. The summed E-state index contributed by atoms with van der Waals surface area (Å²) in [5, 5.41) is 0. The van der Waals surface area contributed by atoms with Crippen LogP contribution in [0.3, 0.4) is 0 Å². The van der Waals surface area contributed by atoms with Crippen molar-refractivity contribution in [2.75, 3.05) is 26.6 Å². The Balaban J connectivity index is 1.87. The average molecular weight is 493 g/mol. The molecule has 0 unspecified atom stereocenters. The van der Waals surface area contributed by atoms with Crippen molar-refractivity contribution in [1.29, 1.82) is 0 Å². The first-order valence-electron chi connectivity index (χ1n) is 10.0. The molecule has 1 aromatic heterocycles. The first kappa shape index (κ1) is 24.5. The van der Waals surface area contributed by atoms with Gasteiger partial charge in [-0.25, -0.2) is 8.42 Å². The summed E-state index contributed by atoms with van der Waals surface area (Å²) < 4.78 is 42.8. The second kappa shape index (κ2) is 10.6. The fourth-order valence-electron chi connectivity index (χ4n) is 3.04. The van der Waals surface area contributed by atoms with E-state index in [1.54, 1.807) is 48.9 Å². The zero-order chi connectivity index (χ0) is 24.0. The Morgan fingerprint density at radius 1 is 1.03 bits per heavy atom. The van der Waals surface area contributed by atoms with Crippen LogP contribution in [0.1, 0.15) is 13.3 Å². The highest BCUT2D eigenvalue weighted by Crippen LogP contribution is 2.23. The van der Waals surface area contributed by atoms with Crippen LogP contribution in [-0.2, 0) is 30.7 Å². The highest BCUT2D eigenvalue weighted by atomic mass is 32.2. The minimum Gasteiger partial charge on any atom is -0.497 e. The zero-order valence-electron chi connectivity index (χ0n) is 18.4. The van der Waals surface area contributed by atoms with Gasteiger partial charge in [0.25, 0.3) is 0 Å². The first-order valence-corrected chi connectivity index (χ1v) is 12.5. The van der Waals surface area contributed by atoms with Gasteiger partial charge in [0.1, 0.15) is 18.0 Å². The van der Waals surface area contributed by atoms with E-state index in [0.29, 0.717) is 17.0 Å². The summed E-state index contributed by atoms with van der Waals surface area (Å²) in [5.74, 6) is -0.312. The van der Waals surface area contributed by atoms with E-state index in [-0.39, 0.29) is 29.3 Å². The minimum atomic E-state index is -3.67. The van der Waals surface area contributed by atoms with E-state index in [1.165, 1.54) is 30.6 Å². The predicted octanol–water partition coefficient (Wildman–Crippen LogP) is 2.57. The van der Waals surface area contributed by atoms with Crippen LogP contribution in [0.25, 0.3) is 10.2 Å². The number of amides is 1. The Bertz CT molecular complexity index is 1320. The van der Waals surface area contributed by atoms with Crippen molar-refractivity contribution in [3.05, 3.63) is 47.3 Å². The quantitative estimate of drug-likeness (QED) is 0.422. The lowest BCUT2D eigenvalue weighted by atomic mass is 10.3. The van der Waals surface area contributed by atoms with Crippen molar-refractivity contribution in [2.24, 2.45) is 4.99 Å². The van der Waals surface area contributed by atoms with E-state index in [4.69, 9.17) is 14.2 Å². The molecule has 0 aliphatic heterocycles. The van der Waals surface area contributed by atoms with Crippen LogP contribution in [0.5, 0.6) is 11.5 Å². The molecule has 3 aromatic rings. The fraction of sp³-hybridized carbons (Fsp3) is 0.318. The summed E-state index contributed by atoms with van der Waals surface area (Å²) in [4.78, 5) is 29.1. The number of nitrogens with zero attached hydrogens (tertiary/aromatic N) is 2. The van der Waals surface area contributed by atoms with Crippen LogP contribution in [0, 0.1) is 0 Å². The molecule has 0 bridgehead atoms. The number of carbonyl (C=O) groups is 2. The number of hydrogen-bond acceptors (Lipinski definition) is 8. The van der Waals surface area contributed by atoms with Crippen molar-refractivity contribution in [2.45, 2.75) is 24.8 Å². The molecule has 0 aliphatic rings. The van der Waals surface area contributed by atoms with Gasteiger partial charge in [0.2, 0.25) is 5.91 Å². The molecule has 9 nitrogen and oxygen atoms in total. The summed E-state index contributed by atoms with van der Waals surface area (Å²) in [6.07, 6.45) is -0.300. The summed E-state index contributed by atoms with van der Waals surface area (Å²) >= 11 is 1.20. The van der Waals surface area contributed by atoms with Crippen LogP contribution in [0.15, 0.2) is 52.4 Å². The van der Waals surface area contributed by atoms with Gasteiger partial charge in [-0.05, 0) is 49.4 Å². The molecule has 11 heteroatoms. The van der Waals surface area contributed by atoms with Crippen molar-refractivity contribution < 1.29 is 32.2 Å². The molecule has 1 heterocycles. The van der Waals surface area contributed by atoms with Crippen molar-refractivity contribution >= 4 is 43.3 Å². The van der Waals surface area contributed by atoms with Gasteiger partial charge in [0.05, 0.1) is 41.7 Å². The summed E-state index contributed by atoms with van der Waals surface area (Å²) in [6, 6.07) is 11.2. The van der Waals surface area contributed by atoms with Gasteiger partial charge in [-0.2, -0.15) is 4.99 Å². The Hall–Kier alpha value is -3.18. The lowest BCUT2D eigenvalue weighted by Crippen LogP contribution is -2.23. The highest BCUT2D eigenvalue weighted by molar-refractivity contribution is 7.91. The molecule has 0 fully saturated rings. The smallest absolute Gasteiger partial charge is 0.326 e. The maximum Gasteiger partial charge on any atom is 0.326 e. The number of methoxy groups -OCH3 is 2. The molecule has 176 valence electrons. The van der Waals surface area contributed by atoms with Gasteiger partial charge in [-0.1, -0.05) is 11.3 Å². The molecule has 0 saturated carbocycles. The topological polar surface area (TPSA) is 113 Å². The number of aromatic nitrogens is 1. The summed E-state index contributed by atoms with van der Waals surface area (Å²) in [5.41, 5.74) is 0.686. The Morgan fingerprint density at radius 3 is 2.33 bits per heavy atom. The maximum atomic E-state index is 12.6. The van der Waals surface area contributed by atoms with Crippen LogP contribution in [0.2, 0.25) is 0 Å². The lowest BCUT2D eigenvalue weighted by molar-refractivity contribution is -0.143. The molecule has 0 atom stereocenters. The normalized spacial score (nSPS) is 12.0. The van der Waals surface area contributed by atoms with Crippen molar-refractivity contribution in [3.63, 3.8) is 0 Å². The summed E-state index contributed by atoms with van der Waals surface area (Å²) in [6.45, 7) is 1.80. The molecule has 0 saturated heterocycles. The molecule has 3 rings (SSSR count). The third-order valence-corrected chi connectivity index (χ3v) is 7.48. The van der Waals surface area contributed by atoms with Gasteiger partial charge in [-0.3, -0.25) is 9.59 Å². The number of benzene rings is 2. The van der Waals surface area contributed by atoms with Crippen LogP contribution in [0.4, 0.5) is 0 Å². The van der Waals surface area contributed by atoms with Gasteiger partial charge >= 0.3 is 5.97 Å². The molecule has 0 spiro atoms. The number of carbonyl (C=O) groups excluding carboxylic acids is 2. The van der Waals surface area contributed by atoms with Crippen LogP contribution in [-0.4, -0.2) is 51.4 Å². The molecule has 0 aliphatic carbocycles. The van der Waals surface area contributed by atoms with E-state index >= 15 is 0 Å². The molecule has 2 aromatic carbocycles. The largest absolute Gasteiger partial charge is 0.497 e. The SMILES string of the molecule is CCOC(=O)Cn1c(=NC(=O)CCS(=O)(=O)c2ccc(OC)cc2)sc2cc(OC)ccc21. The van der Waals surface area contributed by atoms with Crippen molar-refractivity contribution in [1.82, 2.24) is 4.57 Å². The van der Waals surface area contributed by atoms with Gasteiger partial charge in [0.15, 0.2) is 14.6 Å². The summed E-state index contributed by atoms with van der Waals surface area (Å²) in [7, 11) is -0.644. The number of hydrogen-bond donors (Lipinski definition) is 0. The predicted molar refractivity (Wildman–Crippen MR) is 123 cm³/mol. The number of fused-ring (bicyclic) bond motifs is 1. The van der Waals surface area contributed by atoms with Gasteiger partial charge in [-0.15, -0.1) is 0 Å². The number of esters is 1. The second-order valence-electron chi connectivity index (χ2n) is 6.86. The van der Waals surface area contributed by atoms with E-state index in [1.807, 2.05) is 0 Å². The first-order chi connectivity index (χ1) is 15.8. The van der Waals surface area contributed by atoms with Gasteiger partial charge < -0.3 is 18.8 Å². The third kappa shape index (κ3) is 5.99. The van der Waals surface area contributed by atoms with Gasteiger partial charge in [0, 0.05) is 6.42 Å². The average Bonchev–Trinajstić information content (AvgIpc) is 3.13. The standard InChI is InChI=1S/C22H24N2O7S2/c1-4-31-21(26)14-24-18-10-7-16(30-3)13-19(18)32-22(24)23-20(25)11-12-33(27,28)17-8-5-15(29-2)6-9-17/h5-10,13H,4,11-12,14H2,1-3H3. The van der Waals surface area contributed by atoms with E-state index in [2.05, 4.69) is 4.99 Å². The Kier molecular flexibility index (Phi) is 7.88. The number of ether oxygens (including phenoxy) is 3.